The van der Waals surface area contributed by atoms with Gasteiger partial charge in [0.1, 0.15) is 5.75 Å². The molecule has 20 heavy (non-hydrogen) atoms. The van der Waals surface area contributed by atoms with E-state index in [1.165, 1.54) is 12.1 Å². The van der Waals surface area contributed by atoms with Crippen molar-refractivity contribution in [2.45, 2.75) is 13.2 Å². The third-order valence-corrected chi connectivity index (χ3v) is 3.55. The van der Waals surface area contributed by atoms with Crippen molar-refractivity contribution in [3.8, 4) is 5.75 Å². The van der Waals surface area contributed by atoms with Gasteiger partial charge in [-0.3, -0.25) is 0 Å². The molecular weight excluding hydrogens is 399 g/mol. The van der Waals surface area contributed by atoms with Crippen LogP contribution in [-0.4, -0.2) is 6.61 Å². The van der Waals surface area contributed by atoms with Crippen molar-refractivity contribution >= 4 is 39.9 Å². The third-order valence-electron chi connectivity index (χ3n) is 2.56. The second-order valence-corrected chi connectivity index (χ2v) is 5.65. The number of alkyl halides is 2. The summed E-state index contributed by atoms with van der Waals surface area (Å²) in [7, 11) is 0. The van der Waals surface area contributed by atoms with E-state index in [1.54, 1.807) is 12.1 Å². The Balaban J connectivity index is 1.96. The number of ether oxygens (including phenoxy) is 1. The van der Waals surface area contributed by atoms with Crippen molar-refractivity contribution in [2.75, 3.05) is 5.32 Å². The van der Waals surface area contributed by atoms with E-state index in [-0.39, 0.29) is 5.75 Å². The maximum atomic E-state index is 12.0. The molecule has 0 aliphatic carbocycles. The van der Waals surface area contributed by atoms with Crippen molar-refractivity contribution in [1.82, 2.24) is 0 Å². The molecule has 0 unspecified atom stereocenters. The zero-order valence-electron chi connectivity index (χ0n) is 10.2. The first-order valence-electron chi connectivity index (χ1n) is 5.77. The summed E-state index contributed by atoms with van der Waals surface area (Å²) in [6, 6.07) is 12.2. The molecule has 1 N–H and O–H groups in total. The Morgan fingerprint density at radius 1 is 1.15 bits per heavy atom. The summed E-state index contributed by atoms with van der Waals surface area (Å²) < 4.78 is 29.4. The minimum Gasteiger partial charge on any atom is -0.435 e. The Hall–Kier alpha value is -1.08. The Morgan fingerprint density at radius 2 is 1.85 bits per heavy atom. The number of rotatable bonds is 5. The minimum absolute atomic E-state index is 0.149. The number of hydrogen-bond acceptors (Lipinski definition) is 2. The number of hydrogen-bond donors (Lipinski definition) is 1. The van der Waals surface area contributed by atoms with E-state index in [2.05, 4.69) is 32.6 Å². The molecule has 0 spiro atoms. The number of halogens is 4. The molecule has 0 aliphatic rings. The third kappa shape index (κ3) is 4.49. The quantitative estimate of drug-likeness (QED) is 0.689. The SMILES string of the molecule is FC(F)Oc1ccc(CNc2ccc(I)cc2Cl)cc1. The lowest BCUT2D eigenvalue weighted by molar-refractivity contribution is -0.0498. The summed E-state index contributed by atoms with van der Waals surface area (Å²) in [5.74, 6) is 0.149. The van der Waals surface area contributed by atoms with Gasteiger partial charge in [-0.05, 0) is 58.5 Å². The summed E-state index contributed by atoms with van der Waals surface area (Å²) in [5, 5.41) is 3.84. The van der Waals surface area contributed by atoms with E-state index in [0.717, 1.165) is 14.8 Å². The first kappa shape index (κ1) is 15.3. The first-order chi connectivity index (χ1) is 9.54. The highest BCUT2D eigenvalue weighted by Crippen LogP contribution is 2.24. The van der Waals surface area contributed by atoms with Crippen molar-refractivity contribution in [2.24, 2.45) is 0 Å². The fourth-order valence-corrected chi connectivity index (χ4v) is 2.54. The lowest BCUT2D eigenvalue weighted by Crippen LogP contribution is -2.03. The average Bonchev–Trinajstić information content (AvgIpc) is 2.39. The molecule has 0 aromatic heterocycles. The van der Waals surface area contributed by atoms with Crippen molar-refractivity contribution in [3.63, 3.8) is 0 Å². The summed E-state index contributed by atoms with van der Waals surface area (Å²) in [5.41, 5.74) is 1.78. The van der Waals surface area contributed by atoms with Crippen LogP contribution in [0.5, 0.6) is 5.75 Å². The Bertz CT molecular complexity index is 578. The Kier molecular flexibility index (Phi) is 5.42. The van der Waals surface area contributed by atoms with Gasteiger partial charge in [-0.15, -0.1) is 0 Å². The number of nitrogens with one attached hydrogen (secondary N) is 1. The van der Waals surface area contributed by atoms with Crippen LogP contribution in [0, 0.1) is 3.57 Å². The van der Waals surface area contributed by atoms with Crippen molar-refractivity contribution in [3.05, 3.63) is 56.6 Å². The summed E-state index contributed by atoms with van der Waals surface area (Å²) in [6.07, 6.45) is 0. The standard InChI is InChI=1S/C14H11ClF2INO/c15-12-7-10(18)3-6-13(12)19-8-9-1-4-11(5-2-9)20-14(16)17/h1-7,14,19H,8H2. The van der Waals surface area contributed by atoms with Crippen molar-refractivity contribution in [1.29, 1.82) is 0 Å². The molecule has 6 heteroatoms. The number of anilines is 1. The lowest BCUT2D eigenvalue weighted by Gasteiger charge is -2.10. The van der Waals surface area contributed by atoms with E-state index in [4.69, 9.17) is 11.6 Å². The Labute approximate surface area is 134 Å². The van der Waals surface area contributed by atoms with E-state index >= 15 is 0 Å². The molecule has 0 bridgehead atoms. The molecule has 2 rings (SSSR count). The molecule has 0 radical (unpaired) electrons. The lowest BCUT2D eigenvalue weighted by atomic mass is 10.2. The van der Waals surface area contributed by atoms with Gasteiger partial charge in [-0.2, -0.15) is 8.78 Å². The van der Waals surface area contributed by atoms with Crippen LogP contribution in [0.25, 0.3) is 0 Å². The maximum absolute atomic E-state index is 12.0. The summed E-state index contributed by atoms with van der Waals surface area (Å²) in [6.45, 7) is -2.25. The summed E-state index contributed by atoms with van der Waals surface area (Å²) in [4.78, 5) is 0. The van der Waals surface area contributed by atoms with Gasteiger partial charge in [0.15, 0.2) is 0 Å². The van der Waals surface area contributed by atoms with E-state index in [1.807, 2.05) is 18.2 Å². The topological polar surface area (TPSA) is 21.3 Å². The van der Waals surface area contributed by atoms with E-state index in [0.29, 0.717) is 11.6 Å². The Morgan fingerprint density at radius 3 is 2.45 bits per heavy atom. The molecule has 0 saturated carbocycles. The second kappa shape index (κ2) is 7.08. The van der Waals surface area contributed by atoms with Gasteiger partial charge in [0, 0.05) is 10.1 Å². The molecule has 0 aliphatic heterocycles. The van der Waals surface area contributed by atoms with Crippen LogP contribution in [-0.2, 0) is 6.54 Å². The largest absolute Gasteiger partial charge is 0.435 e. The normalized spacial score (nSPS) is 10.7. The fraction of sp³-hybridized carbons (Fsp3) is 0.143. The second-order valence-electron chi connectivity index (χ2n) is 4.00. The number of benzene rings is 2. The average molecular weight is 410 g/mol. The van der Waals surface area contributed by atoms with Gasteiger partial charge in [0.25, 0.3) is 0 Å². The van der Waals surface area contributed by atoms with E-state index in [9.17, 15) is 8.78 Å². The predicted octanol–water partition coefficient (Wildman–Crippen LogP) is 5.16. The molecule has 0 atom stereocenters. The molecule has 0 fully saturated rings. The van der Waals surface area contributed by atoms with Crippen molar-refractivity contribution < 1.29 is 13.5 Å². The molecule has 0 saturated heterocycles. The zero-order valence-corrected chi connectivity index (χ0v) is 13.2. The van der Waals surface area contributed by atoms with Crippen LogP contribution in [0.4, 0.5) is 14.5 Å². The minimum atomic E-state index is -2.80. The fourth-order valence-electron chi connectivity index (χ4n) is 1.62. The molecule has 106 valence electrons. The highest BCUT2D eigenvalue weighted by atomic mass is 127. The van der Waals surface area contributed by atoms with Crippen LogP contribution >= 0.6 is 34.2 Å². The zero-order chi connectivity index (χ0) is 14.5. The van der Waals surface area contributed by atoms with Crippen LogP contribution < -0.4 is 10.1 Å². The monoisotopic (exact) mass is 409 g/mol. The van der Waals surface area contributed by atoms with Gasteiger partial charge >= 0.3 is 6.61 Å². The summed E-state index contributed by atoms with van der Waals surface area (Å²) >= 11 is 8.30. The van der Waals surface area contributed by atoms with Gasteiger partial charge in [0.2, 0.25) is 0 Å². The van der Waals surface area contributed by atoms with Crippen LogP contribution in [0.1, 0.15) is 5.56 Å². The molecule has 0 heterocycles. The molecule has 2 aromatic carbocycles. The molecular formula is C14H11ClF2INO. The highest BCUT2D eigenvalue weighted by Gasteiger charge is 2.04. The van der Waals surface area contributed by atoms with Crippen LogP contribution in [0.3, 0.4) is 0 Å². The van der Waals surface area contributed by atoms with E-state index < -0.39 is 6.61 Å². The van der Waals surface area contributed by atoms with Gasteiger partial charge < -0.3 is 10.1 Å². The van der Waals surface area contributed by atoms with Crippen LogP contribution in [0.15, 0.2) is 42.5 Å². The molecule has 2 nitrogen and oxygen atoms in total. The van der Waals surface area contributed by atoms with Crippen LogP contribution in [0.2, 0.25) is 5.02 Å². The smallest absolute Gasteiger partial charge is 0.387 e. The molecule has 2 aromatic rings. The highest BCUT2D eigenvalue weighted by molar-refractivity contribution is 14.1. The van der Waals surface area contributed by atoms with Gasteiger partial charge in [-0.25, -0.2) is 0 Å². The first-order valence-corrected chi connectivity index (χ1v) is 7.23. The van der Waals surface area contributed by atoms with Gasteiger partial charge in [0.05, 0.1) is 10.7 Å². The molecule has 0 amide bonds. The maximum Gasteiger partial charge on any atom is 0.387 e. The predicted molar refractivity (Wildman–Crippen MR) is 84.6 cm³/mol. The van der Waals surface area contributed by atoms with Gasteiger partial charge in [-0.1, -0.05) is 23.7 Å².